The molecule has 1 saturated carbocycles. The molecule has 0 aromatic carbocycles. The molecule has 0 aromatic rings. The van der Waals surface area contributed by atoms with Crippen LogP contribution in [0, 0.1) is 0 Å². The summed E-state index contributed by atoms with van der Waals surface area (Å²) >= 11 is 0. The molecule has 0 aromatic heterocycles. The number of carboxylic acids is 1. The Balaban J connectivity index is 2.58. The van der Waals surface area contributed by atoms with E-state index in [-0.39, 0.29) is 6.42 Å². The molecule has 0 heterocycles. The normalized spacial score (nSPS) is 40.9. The summed E-state index contributed by atoms with van der Waals surface area (Å²) < 4.78 is 0. The molecular weight excluding hydrogens is 172 g/mol. The van der Waals surface area contributed by atoms with Gasteiger partial charge in [0.05, 0.1) is 0 Å². The zero-order valence-corrected chi connectivity index (χ0v) is 7.66. The highest BCUT2D eigenvalue weighted by Gasteiger charge is 2.52. The first kappa shape index (κ1) is 10.4. The van der Waals surface area contributed by atoms with Crippen LogP contribution in [0.2, 0.25) is 0 Å². The van der Waals surface area contributed by atoms with Crippen LogP contribution in [0.25, 0.3) is 0 Å². The van der Waals surface area contributed by atoms with E-state index in [9.17, 15) is 4.79 Å². The molecule has 0 amide bonds. The molecular formula is C8H16N2O3. The standard InChI is InChI=1S/C8H16N2O3/c1-7(9)2-3-8(7,10)4-5(11)6(12)13/h5,11H,2-4,9-10H2,1H3,(H,12,13). The van der Waals surface area contributed by atoms with Crippen molar-refractivity contribution in [2.75, 3.05) is 0 Å². The Morgan fingerprint density at radius 3 is 2.31 bits per heavy atom. The first-order chi connectivity index (χ1) is 5.78. The van der Waals surface area contributed by atoms with Crippen LogP contribution in [0.3, 0.4) is 0 Å². The third-order valence-electron chi connectivity index (χ3n) is 3.07. The molecule has 3 atom stereocenters. The molecule has 5 nitrogen and oxygen atoms in total. The van der Waals surface area contributed by atoms with E-state index >= 15 is 0 Å². The number of carboxylic acid groups (broad SMARTS) is 1. The van der Waals surface area contributed by atoms with Gasteiger partial charge < -0.3 is 21.7 Å². The summed E-state index contributed by atoms with van der Waals surface area (Å²) in [5.74, 6) is -1.24. The van der Waals surface area contributed by atoms with Gasteiger partial charge in [0.15, 0.2) is 6.10 Å². The van der Waals surface area contributed by atoms with Gasteiger partial charge in [0.2, 0.25) is 0 Å². The van der Waals surface area contributed by atoms with Gasteiger partial charge in [-0.05, 0) is 19.8 Å². The first-order valence-electron chi connectivity index (χ1n) is 4.27. The smallest absolute Gasteiger partial charge is 0.332 e. The van der Waals surface area contributed by atoms with Crippen molar-refractivity contribution in [3.8, 4) is 0 Å². The lowest BCUT2D eigenvalue weighted by Gasteiger charge is -2.54. The fourth-order valence-corrected chi connectivity index (χ4v) is 1.61. The largest absolute Gasteiger partial charge is 0.479 e. The Morgan fingerprint density at radius 1 is 1.54 bits per heavy atom. The van der Waals surface area contributed by atoms with Gasteiger partial charge in [0, 0.05) is 17.5 Å². The molecule has 3 unspecified atom stereocenters. The number of rotatable bonds is 3. The summed E-state index contributed by atoms with van der Waals surface area (Å²) in [4.78, 5) is 10.4. The minimum absolute atomic E-state index is 0.0231. The monoisotopic (exact) mass is 188 g/mol. The molecule has 5 heteroatoms. The van der Waals surface area contributed by atoms with Crippen LogP contribution < -0.4 is 11.5 Å². The molecule has 0 radical (unpaired) electrons. The maximum Gasteiger partial charge on any atom is 0.332 e. The molecule has 76 valence electrons. The van der Waals surface area contributed by atoms with Crippen LogP contribution in [0.15, 0.2) is 0 Å². The van der Waals surface area contributed by atoms with Crippen LogP contribution in [0.4, 0.5) is 0 Å². The van der Waals surface area contributed by atoms with E-state index in [4.69, 9.17) is 21.7 Å². The van der Waals surface area contributed by atoms with Gasteiger partial charge in [-0.1, -0.05) is 0 Å². The SMILES string of the molecule is CC1(N)CCC1(N)CC(O)C(=O)O. The fourth-order valence-electron chi connectivity index (χ4n) is 1.61. The molecule has 1 rings (SSSR count). The molecule has 13 heavy (non-hydrogen) atoms. The minimum Gasteiger partial charge on any atom is -0.479 e. The van der Waals surface area contributed by atoms with E-state index in [0.29, 0.717) is 6.42 Å². The van der Waals surface area contributed by atoms with Gasteiger partial charge in [0.25, 0.3) is 0 Å². The van der Waals surface area contributed by atoms with E-state index in [2.05, 4.69) is 0 Å². The van der Waals surface area contributed by atoms with Crippen molar-refractivity contribution in [1.82, 2.24) is 0 Å². The van der Waals surface area contributed by atoms with E-state index in [0.717, 1.165) is 6.42 Å². The Kier molecular flexibility index (Phi) is 2.36. The number of aliphatic carboxylic acids is 1. The Labute approximate surface area is 76.7 Å². The maximum atomic E-state index is 10.4. The van der Waals surface area contributed by atoms with Crippen LogP contribution in [-0.4, -0.2) is 33.4 Å². The number of aliphatic hydroxyl groups is 1. The van der Waals surface area contributed by atoms with Crippen LogP contribution in [0.1, 0.15) is 26.2 Å². The second-order valence-electron chi connectivity index (χ2n) is 4.13. The van der Waals surface area contributed by atoms with Gasteiger partial charge >= 0.3 is 5.97 Å². The van der Waals surface area contributed by atoms with Crippen LogP contribution in [-0.2, 0) is 4.79 Å². The second-order valence-corrected chi connectivity index (χ2v) is 4.13. The zero-order chi connectivity index (χ0) is 10.3. The van der Waals surface area contributed by atoms with Crippen molar-refractivity contribution in [3.63, 3.8) is 0 Å². The molecule has 1 fully saturated rings. The molecule has 0 aliphatic heterocycles. The summed E-state index contributed by atoms with van der Waals surface area (Å²) in [7, 11) is 0. The lowest BCUT2D eigenvalue weighted by atomic mass is 9.60. The van der Waals surface area contributed by atoms with Crippen molar-refractivity contribution in [3.05, 3.63) is 0 Å². The lowest BCUT2D eigenvalue weighted by molar-refractivity contribution is -0.148. The molecule has 0 saturated heterocycles. The van der Waals surface area contributed by atoms with E-state index < -0.39 is 23.2 Å². The highest BCUT2D eigenvalue weighted by molar-refractivity contribution is 5.72. The predicted molar refractivity (Wildman–Crippen MR) is 47.0 cm³/mol. The Hall–Kier alpha value is -0.650. The van der Waals surface area contributed by atoms with Crippen molar-refractivity contribution in [2.24, 2.45) is 11.5 Å². The molecule has 6 N–H and O–H groups in total. The third-order valence-corrected chi connectivity index (χ3v) is 3.07. The summed E-state index contributed by atoms with van der Waals surface area (Å²) in [6, 6.07) is 0. The van der Waals surface area contributed by atoms with Crippen molar-refractivity contribution in [2.45, 2.75) is 43.4 Å². The summed E-state index contributed by atoms with van der Waals surface area (Å²) in [5, 5.41) is 17.6. The molecule has 0 bridgehead atoms. The van der Waals surface area contributed by atoms with E-state index in [1.54, 1.807) is 6.92 Å². The highest BCUT2D eigenvalue weighted by atomic mass is 16.4. The first-order valence-corrected chi connectivity index (χ1v) is 4.27. The Morgan fingerprint density at radius 2 is 2.08 bits per heavy atom. The van der Waals surface area contributed by atoms with E-state index in [1.165, 1.54) is 0 Å². The summed E-state index contributed by atoms with van der Waals surface area (Å²) in [5.41, 5.74) is 10.4. The van der Waals surface area contributed by atoms with Crippen molar-refractivity contribution in [1.29, 1.82) is 0 Å². The highest BCUT2D eigenvalue weighted by Crippen LogP contribution is 2.41. The average molecular weight is 188 g/mol. The number of aliphatic hydroxyl groups excluding tert-OH is 1. The molecule has 0 spiro atoms. The van der Waals surface area contributed by atoms with Gasteiger partial charge in [0.1, 0.15) is 0 Å². The van der Waals surface area contributed by atoms with Crippen LogP contribution >= 0.6 is 0 Å². The zero-order valence-electron chi connectivity index (χ0n) is 7.66. The van der Waals surface area contributed by atoms with Crippen molar-refractivity contribution >= 4 is 5.97 Å². The quantitative estimate of drug-likeness (QED) is 0.455. The number of hydrogen-bond acceptors (Lipinski definition) is 4. The number of hydrogen-bond donors (Lipinski definition) is 4. The average Bonchev–Trinajstić information content (AvgIpc) is 2.02. The van der Waals surface area contributed by atoms with Crippen LogP contribution in [0.5, 0.6) is 0 Å². The van der Waals surface area contributed by atoms with Gasteiger partial charge in [-0.15, -0.1) is 0 Å². The fraction of sp³-hybridized carbons (Fsp3) is 0.875. The van der Waals surface area contributed by atoms with E-state index in [1.807, 2.05) is 0 Å². The molecule has 1 aliphatic carbocycles. The summed E-state index contributed by atoms with van der Waals surface area (Å²) in [6.45, 7) is 1.78. The van der Waals surface area contributed by atoms with Gasteiger partial charge in [-0.3, -0.25) is 0 Å². The van der Waals surface area contributed by atoms with Gasteiger partial charge in [-0.25, -0.2) is 4.79 Å². The number of nitrogens with two attached hydrogens (primary N) is 2. The predicted octanol–water partition coefficient (Wildman–Crippen LogP) is -0.969. The third kappa shape index (κ3) is 1.67. The maximum absolute atomic E-state index is 10.4. The summed E-state index contributed by atoms with van der Waals surface area (Å²) in [6.07, 6.45) is 0.0587. The second kappa shape index (κ2) is 2.94. The Bertz CT molecular complexity index is 229. The van der Waals surface area contributed by atoms with Crippen molar-refractivity contribution < 1.29 is 15.0 Å². The lowest BCUT2D eigenvalue weighted by Crippen LogP contribution is -2.72. The molecule has 1 aliphatic rings. The topological polar surface area (TPSA) is 110 Å². The van der Waals surface area contributed by atoms with Gasteiger partial charge in [-0.2, -0.15) is 0 Å². The number of carbonyl (C=O) groups is 1. The minimum atomic E-state index is -1.41.